The van der Waals surface area contributed by atoms with Crippen LogP contribution in [0.2, 0.25) is 0 Å². The van der Waals surface area contributed by atoms with Crippen molar-refractivity contribution in [1.82, 2.24) is 19.9 Å². The van der Waals surface area contributed by atoms with Crippen molar-refractivity contribution in [2.45, 2.75) is 45.2 Å². The molecule has 5 heteroatoms. The lowest BCUT2D eigenvalue weighted by Gasteiger charge is -2.43. The molecule has 2 atom stereocenters. The molecule has 0 unspecified atom stereocenters. The van der Waals surface area contributed by atoms with E-state index in [1.807, 2.05) is 24.4 Å². The first-order valence-electron chi connectivity index (χ1n) is 8.91. The highest BCUT2D eigenvalue weighted by Crippen LogP contribution is 2.33. The van der Waals surface area contributed by atoms with Gasteiger partial charge < -0.3 is 4.90 Å². The molecule has 0 aromatic carbocycles. The fourth-order valence-electron chi connectivity index (χ4n) is 3.85. The summed E-state index contributed by atoms with van der Waals surface area (Å²) in [6.45, 7) is 6.67. The van der Waals surface area contributed by atoms with Gasteiger partial charge in [-0.15, -0.1) is 0 Å². The first kappa shape index (κ1) is 15.5. The van der Waals surface area contributed by atoms with E-state index >= 15 is 0 Å². The molecule has 2 aromatic heterocycles. The Hall–Kier alpha value is -2.01. The van der Waals surface area contributed by atoms with Crippen LogP contribution in [0.5, 0.6) is 0 Å². The Morgan fingerprint density at radius 1 is 1.04 bits per heavy atom. The van der Waals surface area contributed by atoms with Crippen LogP contribution in [-0.2, 0) is 12.8 Å². The van der Waals surface area contributed by atoms with Crippen LogP contribution in [0.15, 0.2) is 24.4 Å². The zero-order chi connectivity index (χ0) is 16.7. The largest absolute Gasteiger partial charge is 0.351 e. The van der Waals surface area contributed by atoms with Gasteiger partial charge in [-0.25, -0.2) is 9.97 Å². The Balaban J connectivity index is 1.79. The summed E-state index contributed by atoms with van der Waals surface area (Å²) in [4.78, 5) is 19.2. The van der Waals surface area contributed by atoms with Gasteiger partial charge in [0.1, 0.15) is 11.5 Å². The number of piperazine rings is 1. The van der Waals surface area contributed by atoms with E-state index in [2.05, 4.69) is 35.7 Å². The zero-order valence-electron chi connectivity index (χ0n) is 14.7. The van der Waals surface area contributed by atoms with Gasteiger partial charge in [0.05, 0.1) is 0 Å². The van der Waals surface area contributed by atoms with Crippen LogP contribution in [-0.4, -0.2) is 52.1 Å². The molecule has 0 radical (unpaired) electrons. The maximum atomic E-state index is 4.98. The third-order valence-corrected chi connectivity index (χ3v) is 5.37. The van der Waals surface area contributed by atoms with Crippen molar-refractivity contribution in [2.24, 2.45) is 0 Å². The van der Waals surface area contributed by atoms with Gasteiger partial charge in [-0.05, 0) is 52.3 Å². The molecule has 5 nitrogen and oxygen atoms in total. The van der Waals surface area contributed by atoms with Crippen molar-refractivity contribution >= 4 is 5.82 Å². The van der Waals surface area contributed by atoms with E-state index in [0.717, 1.165) is 43.3 Å². The van der Waals surface area contributed by atoms with Gasteiger partial charge in [0, 0.05) is 42.6 Å². The summed E-state index contributed by atoms with van der Waals surface area (Å²) in [6.07, 6.45) is 5.15. The Bertz CT molecular complexity index is 730. The van der Waals surface area contributed by atoms with E-state index < -0.39 is 0 Å². The van der Waals surface area contributed by atoms with Crippen molar-refractivity contribution in [1.29, 1.82) is 0 Å². The topological polar surface area (TPSA) is 45.2 Å². The average molecular weight is 323 g/mol. The summed E-state index contributed by atoms with van der Waals surface area (Å²) in [5.74, 6) is 1.91. The van der Waals surface area contributed by atoms with Gasteiger partial charge in [-0.1, -0.05) is 6.07 Å². The number of hydrogen-bond acceptors (Lipinski definition) is 5. The Morgan fingerprint density at radius 2 is 1.92 bits per heavy atom. The smallest absolute Gasteiger partial charge is 0.180 e. The molecule has 1 aliphatic heterocycles. The van der Waals surface area contributed by atoms with Crippen LogP contribution in [0.25, 0.3) is 11.5 Å². The molecule has 126 valence electrons. The molecule has 2 aliphatic rings. The van der Waals surface area contributed by atoms with E-state index in [-0.39, 0.29) is 0 Å². The second-order valence-electron chi connectivity index (χ2n) is 7.15. The predicted molar refractivity (Wildman–Crippen MR) is 96.2 cm³/mol. The fraction of sp³-hybridized carbons (Fsp3) is 0.526. The van der Waals surface area contributed by atoms with Crippen molar-refractivity contribution in [3.63, 3.8) is 0 Å². The summed E-state index contributed by atoms with van der Waals surface area (Å²) in [5.41, 5.74) is 3.45. The van der Waals surface area contributed by atoms with Gasteiger partial charge in [0.25, 0.3) is 0 Å². The minimum atomic E-state index is 0.461. The average Bonchev–Trinajstić information content (AvgIpc) is 3.07. The molecule has 3 heterocycles. The van der Waals surface area contributed by atoms with Crippen LogP contribution in [0.3, 0.4) is 0 Å². The van der Waals surface area contributed by atoms with Crippen LogP contribution >= 0.6 is 0 Å². The van der Waals surface area contributed by atoms with E-state index in [1.54, 1.807) is 0 Å². The number of aromatic nitrogens is 3. The first-order chi connectivity index (χ1) is 11.6. The van der Waals surface area contributed by atoms with E-state index in [4.69, 9.17) is 9.97 Å². The summed E-state index contributed by atoms with van der Waals surface area (Å²) in [5, 5.41) is 0. The normalized spacial score (nSPS) is 24.2. The van der Waals surface area contributed by atoms with Crippen molar-refractivity contribution in [3.05, 3.63) is 35.7 Å². The number of nitrogens with zero attached hydrogens (tertiary/aromatic N) is 5. The summed E-state index contributed by atoms with van der Waals surface area (Å²) in [6, 6.07) is 6.92. The lowest BCUT2D eigenvalue weighted by atomic mass is 10.1. The second kappa shape index (κ2) is 6.13. The summed E-state index contributed by atoms with van der Waals surface area (Å²) in [7, 11) is 2.21. The van der Waals surface area contributed by atoms with Gasteiger partial charge in [-0.2, -0.15) is 0 Å². The zero-order valence-corrected chi connectivity index (χ0v) is 14.7. The SMILES string of the molecule is C[C@@H]1CN(c2nc(-c3ccccn3)nc3c2CCC3)[C@H](C)CN1C. The number of fused-ring (bicyclic) bond motifs is 1. The quantitative estimate of drug-likeness (QED) is 0.850. The third kappa shape index (κ3) is 2.67. The standard InChI is InChI=1S/C19H25N5/c1-13-12-24(14(2)11-23(13)3)19-15-7-6-9-16(15)21-18(22-19)17-8-4-5-10-20-17/h4-5,8,10,13-14H,6-7,9,11-12H2,1-3H3/t13-,14-/m1/s1. The van der Waals surface area contributed by atoms with Crippen LogP contribution in [0, 0.1) is 0 Å². The summed E-state index contributed by atoms with van der Waals surface area (Å²) < 4.78 is 0. The van der Waals surface area contributed by atoms with Crippen LogP contribution in [0.1, 0.15) is 31.5 Å². The molecule has 1 fully saturated rings. The van der Waals surface area contributed by atoms with E-state index in [9.17, 15) is 0 Å². The lowest BCUT2D eigenvalue weighted by molar-refractivity contribution is 0.205. The van der Waals surface area contributed by atoms with Crippen molar-refractivity contribution in [3.8, 4) is 11.5 Å². The Labute approximate surface area is 143 Å². The Morgan fingerprint density at radius 3 is 2.71 bits per heavy atom. The molecule has 0 N–H and O–H groups in total. The minimum absolute atomic E-state index is 0.461. The highest BCUT2D eigenvalue weighted by Gasteiger charge is 2.31. The molecular weight excluding hydrogens is 298 g/mol. The fourth-order valence-corrected chi connectivity index (χ4v) is 3.85. The second-order valence-corrected chi connectivity index (χ2v) is 7.15. The minimum Gasteiger partial charge on any atom is -0.351 e. The van der Waals surface area contributed by atoms with E-state index in [1.165, 1.54) is 17.7 Å². The number of rotatable bonds is 2. The van der Waals surface area contributed by atoms with Crippen LogP contribution < -0.4 is 4.90 Å². The number of likely N-dealkylation sites (N-methyl/N-ethyl adjacent to an activating group) is 1. The van der Waals surface area contributed by atoms with Gasteiger partial charge >= 0.3 is 0 Å². The van der Waals surface area contributed by atoms with E-state index in [0.29, 0.717) is 12.1 Å². The van der Waals surface area contributed by atoms with Gasteiger partial charge in [0.15, 0.2) is 5.82 Å². The molecule has 0 bridgehead atoms. The molecule has 4 rings (SSSR count). The number of aryl methyl sites for hydroxylation is 1. The summed E-state index contributed by atoms with van der Waals surface area (Å²) >= 11 is 0. The third-order valence-electron chi connectivity index (χ3n) is 5.37. The van der Waals surface area contributed by atoms with Crippen molar-refractivity contribution in [2.75, 3.05) is 25.0 Å². The predicted octanol–water partition coefficient (Wildman–Crippen LogP) is 2.56. The molecule has 0 spiro atoms. The lowest BCUT2D eigenvalue weighted by Crippen LogP contribution is -2.55. The maximum absolute atomic E-state index is 4.98. The highest BCUT2D eigenvalue weighted by atomic mass is 15.3. The first-order valence-corrected chi connectivity index (χ1v) is 8.91. The number of anilines is 1. The molecule has 1 saturated heterocycles. The highest BCUT2D eigenvalue weighted by molar-refractivity contribution is 5.59. The Kier molecular flexibility index (Phi) is 3.96. The molecular formula is C19H25N5. The van der Waals surface area contributed by atoms with Crippen LogP contribution in [0.4, 0.5) is 5.82 Å². The molecule has 24 heavy (non-hydrogen) atoms. The number of pyridine rings is 1. The molecule has 2 aromatic rings. The molecule has 0 saturated carbocycles. The van der Waals surface area contributed by atoms with Crippen molar-refractivity contribution < 1.29 is 0 Å². The molecule has 1 aliphatic carbocycles. The van der Waals surface area contributed by atoms with Gasteiger partial charge in [0.2, 0.25) is 0 Å². The maximum Gasteiger partial charge on any atom is 0.180 e. The van der Waals surface area contributed by atoms with Gasteiger partial charge in [-0.3, -0.25) is 9.88 Å². The number of hydrogen-bond donors (Lipinski definition) is 0. The molecule has 0 amide bonds. The monoisotopic (exact) mass is 323 g/mol.